The van der Waals surface area contributed by atoms with Gasteiger partial charge in [-0.1, -0.05) is 40.5 Å². The lowest BCUT2D eigenvalue weighted by molar-refractivity contribution is -0.129. The summed E-state index contributed by atoms with van der Waals surface area (Å²) in [6.45, 7) is 8.66. The lowest BCUT2D eigenvalue weighted by atomic mass is 10.2. The van der Waals surface area contributed by atoms with Crippen molar-refractivity contribution in [3.05, 3.63) is 35.6 Å². The zero-order chi connectivity index (χ0) is 19.7. The van der Waals surface area contributed by atoms with Gasteiger partial charge in [0.15, 0.2) is 0 Å². The number of nitrogens with two attached hydrogens (primary N) is 1. The van der Waals surface area contributed by atoms with E-state index in [0.717, 1.165) is 0 Å². The Morgan fingerprint density at radius 2 is 1.85 bits per heavy atom. The Morgan fingerprint density at radius 1 is 1.27 bits per heavy atom. The number of anilines is 2. The average Bonchev–Trinajstić information content (AvgIpc) is 3.23. The van der Waals surface area contributed by atoms with Gasteiger partial charge in [-0.3, -0.25) is 9.59 Å². The lowest BCUT2D eigenvalue weighted by Crippen LogP contribution is -2.32. The van der Waals surface area contributed by atoms with Gasteiger partial charge >= 0.3 is 0 Å². The van der Waals surface area contributed by atoms with E-state index in [2.05, 4.69) is 19.2 Å². The fourth-order valence-corrected chi connectivity index (χ4v) is 2.26. The second-order valence-corrected chi connectivity index (χ2v) is 5.63. The Hall–Kier alpha value is -2.54. The number of hydrogen-bond donors (Lipinski definition) is 3. The van der Waals surface area contributed by atoms with Gasteiger partial charge in [0, 0.05) is 11.4 Å². The topological polar surface area (TPSA) is 105 Å². The molecule has 4 N–H and O–H groups in total. The minimum atomic E-state index is -0.633. The second-order valence-electron chi connectivity index (χ2n) is 5.63. The largest absolute Gasteiger partial charge is 0.509 e. The summed E-state index contributed by atoms with van der Waals surface area (Å²) in [6, 6.07) is 5.96. The van der Waals surface area contributed by atoms with Gasteiger partial charge in [0.25, 0.3) is 11.8 Å². The monoisotopic (exact) mass is 363 g/mol. The van der Waals surface area contributed by atoms with Gasteiger partial charge in [-0.2, -0.15) is 0 Å². The van der Waals surface area contributed by atoms with Crippen LogP contribution in [0.1, 0.15) is 40.5 Å². The van der Waals surface area contributed by atoms with Crippen LogP contribution in [0.4, 0.5) is 11.4 Å². The Bertz CT molecular complexity index is 639. The molecule has 0 aliphatic carbocycles. The normalized spacial score (nSPS) is 17.8. The predicted molar refractivity (Wildman–Crippen MR) is 103 cm³/mol. The highest BCUT2D eigenvalue weighted by Gasteiger charge is 2.45. The fraction of sp³-hybridized carbons (Fsp3) is 0.474. The van der Waals surface area contributed by atoms with Crippen LogP contribution in [0.25, 0.3) is 0 Å². The molecule has 144 valence electrons. The molecule has 1 unspecified atom stereocenters. The summed E-state index contributed by atoms with van der Waals surface area (Å²) in [5, 5.41) is 12.5. The number of amides is 2. The van der Waals surface area contributed by atoms with Crippen LogP contribution in [0.5, 0.6) is 0 Å². The molecule has 2 aliphatic rings. The van der Waals surface area contributed by atoms with Crippen LogP contribution in [0, 0.1) is 0 Å². The van der Waals surface area contributed by atoms with Crippen molar-refractivity contribution in [2.24, 2.45) is 0 Å². The summed E-state index contributed by atoms with van der Waals surface area (Å²) in [6.07, 6.45) is 2.64. The lowest BCUT2D eigenvalue weighted by Gasteiger charge is -2.12. The van der Waals surface area contributed by atoms with E-state index in [0.29, 0.717) is 11.4 Å². The molecule has 2 aliphatic heterocycles. The van der Waals surface area contributed by atoms with E-state index in [-0.39, 0.29) is 24.7 Å². The number of carbonyl (C=O) groups is 2. The molecule has 7 nitrogen and oxygen atoms in total. The predicted octanol–water partition coefficient (Wildman–Crippen LogP) is 3.05. The molecule has 1 aromatic carbocycles. The quantitative estimate of drug-likeness (QED) is 0.565. The van der Waals surface area contributed by atoms with Crippen molar-refractivity contribution in [3.8, 4) is 0 Å². The van der Waals surface area contributed by atoms with Gasteiger partial charge in [-0.25, -0.2) is 0 Å². The molecule has 0 bridgehead atoms. The third-order valence-corrected chi connectivity index (χ3v) is 3.82. The van der Waals surface area contributed by atoms with Crippen molar-refractivity contribution >= 4 is 23.2 Å². The molecule has 2 heterocycles. The van der Waals surface area contributed by atoms with Gasteiger partial charge in [0.2, 0.25) is 0 Å². The van der Waals surface area contributed by atoms with Crippen LogP contribution in [0.15, 0.2) is 35.6 Å². The van der Waals surface area contributed by atoms with Crippen LogP contribution < -0.4 is 11.1 Å². The van der Waals surface area contributed by atoms with E-state index in [4.69, 9.17) is 10.5 Å². The molecule has 2 amide bonds. The standard InChI is InChI=1S/C13H13N3O4.C4H10.C2H6/c14-7-1-3-8(4-2-7)15-12(18)10-11(17)9-5-20-6-16(9)13(10)19;1-3-4-2;1-2/h1-4,9,17H,5-6,14H2,(H,15,18);3-4H2,1-2H3;1-2H3. The van der Waals surface area contributed by atoms with Crippen LogP contribution in [-0.4, -0.2) is 41.2 Å². The maximum atomic E-state index is 12.1. The van der Waals surface area contributed by atoms with Crippen molar-refractivity contribution < 1.29 is 19.4 Å². The molecule has 26 heavy (non-hydrogen) atoms. The van der Waals surface area contributed by atoms with E-state index in [1.807, 2.05) is 13.8 Å². The summed E-state index contributed by atoms with van der Waals surface area (Å²) in [5.41, 5.74) is 6.39. The van der Waals surface area contributed by atoms with E-state index in [1.54, 1.807) is 24.3 Å². The molecular formula is C19H29N3O4. The third-order valence-electron chi connectivity index (χ3n) is 3.82. The number of fused-ring (bicyclic) bond motifs is 1. The summed E-state index contributed by atoms with van der Waals surface area (Å²) in [7, 11) is 0. The summed E-state index contributed by atoms with van der Waals surface area (Å²) >= 11 is 0. The molecule has 3 rings (SSSR count). The number of benzene rings is 1. The Labute approximate surface area is 154 Å². The smallest absolute Gasteiger partial charge is 0.265 e. The minimum absolute atomic E-state index is 0.0895. The average molecular weight is 363 g/mol. The van der Waals surface area contributed by atoms with E-state index in [9.17, 15) is 14.7 Å². The van der Waals surface area contributed by atoms with E-state index >= 15 is 0 Å². The van der Waals surface area contributed by atoms with Crippen LogP contribution in [0.3, 0.4) is 0 Å². The maximum Gasteiger partial charge on any atom is 0.265 e. The summed E-state index contributed by atoms with van der Waals surface area (Å²) in [4.78, 5) is 25.5. The highest BCUT2D eigenvalue weighted by atomic mass is 16.5. The van der Waals surface area contributed by atoms with Gasteiger partial charge < -0.3 is 25.8 Å². The number of nitrogens with one attached hydrogen (secondary N) is 1. The van der Waals surface area contributed by atoms with Crippen molar-refractivity contribution in [1.82, 2.24) is 4.90 Å². The first-order valence-electron chi connectivity index (χ1n) is 8.98. The molecule has 1 atom stereocenters. The summed E-state index contributed by atoms with van der Waals surface area (Å²) in [5.74, 6) is -1.38. The van der Waals surface area contributed by atoms with Crippen molar-refractivity contribution in [2.75, 3.05) is 24.4 Å². The Kier molecular flexibility index (Phi) is 8.64. The number of hydrogen-bond acceptors (Lipinski definition) is 5. The number of aliphatic hydroxyl groups excluding tert-OH is 1. The Balaban J connectivity index is 0.000000500. The number of carbonyl (C=O) groups excluding carboxylic acids is 2. The summed E-state index contributed by atoms with van der Waals surface area (Å²) < 4.78 is 5.08. The number of nitrogen functional groups attached to an aromatic ring is 1. The Morgan fingerprint density at radius 3 is 2.35 bits per heavy atom. The zero-order valence-corrected chi connectivity index (χ0v) is 15.9. The van der Waals surface area contributed by atoms with Crippen LogP contribution >= 0.6 is 0 Å². The van der Waals surface area contributed by atoms with Gasteiger partial charge in [-0.15, -0.1) is 0 Å². The van der Waals surface area contributed by atoms with Gasteiger partial charge in [-0.05, 0) is 24.3 Å². The molecule has 7 heteroatoms. The van der Waals surface area contributed by atoms with E-state index in [1.165, 1.54) is 17.7 Å². The number of ether oxygens (including phenoxy) is 1. The minimum Gasteiger partial charge on any atom is -0.509 e. The molecule has 0 saturated carbocycles. The molecule has 1 saturated heterocycles. The third kappa shape index (κ3) is 4.98. The first-order chi connectivity index (χ1) is 12.5. The second kappa shape index (κ2) is 10.5. The highest BCUT2D eigenvalue weighted by Crippen LogP contribution is 2.28. The number of unbranched alkanes of at least 4 members (excludes halogenated alkanes) is 1. The van der Waals surface area contributed by atoms with Gasteiger partial charge in [0.1, 0.15) is 24.1 Å². The molecule has 1 fully saturated rings. The molecule has 0 spiro atoms. The fourth-order valence-electron chi connectivity index (χ4n) is 2.26. The first-order valence-corrected chi connectivity index (χ1v) is 8.98. The molecule has 0 radical (unpaired) electrons. The zero-order valence-electron chi connectivity index (χ0n) is 15.9. The number of rotatable bonds is 3. The van der Waals surface area contributed by atoms with Crippen molar-refractivity contribution in [2.45, 2.75) is 46.6 Å². The number of nitrogens with zero attached hydrogens (tertiary/aromatic N) is 1. The van der Waals surface area contributed by atoms with E-state index < -0.39 is 17.9 Å². The van der Waals surface area contributed by atoms with Crippen LogP contribution in [0.2, 0.25) is 0 Å². The van der Waals surface area contributed by atoms with Gasteiger partial charge in [0.05, 0.1) is 6.61 Å². The number of aliphatic hydroxyl groups is 1. The highest BCUT2D eigenvalue weighted by molar-refractivity contribution is 6.24. The van der Waals surface area contributed by atoms with Crippen molar-refractivity contribution in [3.63, 3.8) is 0 Å². The molecular weight excluding hydrogens is 334 g/mol. The SMILES string of the molecule is CC.CCCC.Nc1ccc(NC(=O)C2=C(O)C3COCN3C2=O)cc1. The maximum absolute atomic E-state index is 12.1. The van der Waals surface area contributed by atoms with Crippen molar-refractivity contribution in [1.29, 1.82) is 0 Å². The van der Waals surface area contributed by atoms with Crippen LogP contribution in [-0.2, 0) is 14.3 Å². The molecule has 0 aromatic heterocycles. The first kappa shape index (κ1) is 21.5. The molecule has 1 aromatic rings.